The van der Waals surface area contributed by atoms with E-state index in [1.807, 2.05) is 0 Å². The number of alkyl halides is 3. The number of nitrogens with zero attached hydrogens (tertiary/aromatic N) is 1. The molecule has 0 saturated carbocycles. The van der Waals surface area contributed by atoms with Crippen molar-refractivity contribution in [2.24, 2.45) is 0 Å². The van der Waals surface area contributed by atoms with Gasteiger partial charge in [0.25, 0.3) is 0 Å². The first-order valence-electron chi connectivity index (χ1n) is 12.4. The van der Waals surface area contributed by atoms with Crippen LogP contribution in [0.25, 0.3) is 33.6 Å². The third-order valence-corrected chi connectivity index (χ3v) is 6.87. The Balaban J connectivity index is 0.000000406. The number of rotatable bonds is 5. The number of aromatic nitrogens is 1. The van der Waals surface area contributed by atoms with Gasteiger partial charge in [-0.3, -0.25) is 0 Å². The standard InChI is InChI=1S/C31H26N.CHF3O3S/c1-24(25-14-6-2-7-15-25)32-30(27-18-10-4-11-19-27)22-29(26-16-8-3-9-17-26)23-31(32)28-20-12-5-13-21-28;2-1(3,4)8(5,6)7/h2-24H,1H3;(H,5,6,7)/q+1;/p-1. The Morgan fingerprint density at radius 3 is 1.27 bits per heavy atom. The van der Waals surface area contributed by atoms with Crippen molar-refractivity contribution in [1.29, 1.82) is 0 Å². The molecule has 1 aromatic heterocycles. The number of hydrogen-bond acceptors (Lipinski definition) is 3. The minimum atomic E-state index is -6.09. The minimum absolute atomic E-state index is 0.173. The average Bonchev–Trinajstić information content (AvgIpc) is 2.97. The molecule has 1 unspecified atom stereocenters. The van der Waals surface area contributed by atoms with Crippen LogP contribution < -0.4 is 4.57 Å². The van der Waals surface area contributed by atoms with Gasteiger partial charge in [-0.2, -0.15) is 17.7 Å². The molecular weight excluding hydrogens is 535 g/mol. The maximum absolute atomic E-state index is 10.7. The third kappa shape index (κ3) is 6.83. The summed E-state index contributed by atoms with van der Waals surface area (Å²) in [4.78, 5) is 0. The van der Waals surface area contributed by atoms with Crippen LogP contribution in [0.5, 0.6) is 0 Å². The maximum Gasteiger partial charge on any atom is 0.485 e. The van der Waals surface area contributed by atoms with Crippen molar-refractivity contribution in [2.75, 3.05) is 0 Å². The van der Waals surface area contributed by atoms with Gasteiger partial charge < -0.3 is 4.55 Å². The Kier molecular flexibility index (Phi) is 8.82. The van der Waals surface area contributed by atoms with Gasteiger partial charge in [0.05, 0.1) is 0 Å². The van der Waals surface area contributed by atoms with E-state index in [0.29, 0.717) is 0 Å². The molecule has 1 heterocycles. The smallest absolute Gasteiger partial charge is 0.485 e. The van der Waals surface area contributed by atoms with Crippen LogP contribution in [0.1, 0.15) is 18.5 Å². The normalized spacial score (nSPS) is 12.2. The molecule has 0 bridgehead atoms. The Hall–Kier alpha value is -4.27. The topological polar surface area (TPSA) is 61.1 Å². The minimum Gasteiger partial charge on any atom is -0.741 e. The highest BCUT2D eigenvalue weighted by molar-refractivity contribution is 7.86. The van der Waals surface area contributed by atoms with Crippen LogP contribution in [0.4, 0.5) is 13.2 Å². The third-order valence-electron chi connectivity index (χ3n) is 6.30. The zero-order valence-corrected chi connectivity index (χ0v) is 22.3. The SMILES string of the molecule is CC(c1ccccc1)[n+]1c(-c2ccccc2)cc(-c2ccccc2)cc1-c1ccccc1.O=S(=O)([O-])C(F)(F)F. The van der Waals surface area contributed by atoms with Crippen LogP contribution >= 0.6 is 0 Å². The molecular formula is C32H26F3NO3S. The van der Waals surface area contributed by atoms with Crippen LogP contribution in [0, 0.1) is 0 Å². The zero-order valence-electron chi connectivity index (χ0n) is 21.5. The fourth-order valence-electron chi connectivity index (χ4n) is 4.36. The second-order valence-electron chi connectivity index (χ2n) is 8.97. The fraction of sp³-hybridized carbons (Fsp3) is 0.0938. The molecule has 4 aromatic carbocycles. The van der Waals surface area contributed by atoms with Gasteiger partial charge in [-0.1, -0.05) is 97.1 Å². The number of hydrogen-bond donors (Lipinski definition) is 0. The quantitative estimate of drug-likeness (QED) is 0.126. The molecule has 0 aliphatic heterocycles. The molecule has 0 fully saturated rings. The maximum atomic E-state index is 10.7. The summed E-state index contributed by atoms with van der Waals surface area (Å²) < 4.78 is 61.4. The predicted octanol–water partition coefficient (Wildman–Crippen LogP) is 7.64. The van der Waals surface area contributed by atoms with Crippen molar-refractivity contribution >= 4 is 10.1 Å². The van der Waals surface area contributed by atoms with Crippen molar-refractivity contribution in [2.45, 2.75) is 18.5 Å². The van der Waals surface area contributed by atoms with Crippen LogP contribution in [-0.4, -0.2) is 18.5 Å². The molecule has 0 aliphatic carbocycles. The summed E-state index contributed by atoms with van der Waals surface area (Å²) in [7, 11) is -6.09. The summed E-state index contributed by atoms with van der Waals surface area (Å²) in [6.07, 6.45) is 0. The average molecular weight is 562 g/mol. The number of benzene rings is 4. The Morgan fingerprint density at radius 2 is 0.925 bits per heavy atom. The van der Waals surface area contributed by atoms with E-state index >= 15 is 0 Å². The summed E-state index contributed by atoms with van der Waals surface area (Å²) in [6, 6.07) is 47.6. The van der Waals surface area contributed by atoms with Crippen molar-refractivity contribution in [3.05, 3.63) is 139 Å². The van der Waals surface area contributed by atoms with Crippen LogP contribution in [-0.2, 0) is 10.1 Å². The van der Waals surface area contributed by atoms with E-state index in [2.05, 4.69) is 145 Å². The van der Waals surface area contributed by atoms with Gasteiger partial charge in [0.2, 0.25) is 11.4 Å². The van der Waals surface area contributed by atoms with Gasteiger partial charge in [0, 0.05) is 35.7 Å². The Morgan fingerprint density at radius 1 is 0.600 bits per heavy atom. The van der Waals surface area contributed by atoms with Gasteiger partial charge in [0.15, 0.2) is 16.2 Å². The number of halogens is 3. The number of pyridine rings is 1. The van der Waals surface area contributed by atoms with Crippen molar-refractivity contribution < 1.29 is 30.7 Å². The second-order valence-corrected chi connectivity index (χ2v) is 10.3. The van der Waals surface area contributed by atoms with Crippen LogP contribution in [0.2, 0.25) is 0 Å². The lowest BCUT2D eigenvalue weighted by molar-refractivity contribution is -0.689. The summed E-state index contributed by atoms with van der Waals surface area (Å²) in [5.41, 5.74) is 2.94. The molecule has 8 heteroatoms. The largest absolute Gasteiger partial charge is 0.741 e. The first-order chi connectivity index (χ1) is 19.1. The lowest BCUT2D eigenvalue weighted by Crippen LogP contribution is -2.43. The van der Waals surface area contributed by atoms with Crippen molar-refractivity contribution in [3.63, 3.8) is 0 Å². The predicted molar refractivity (Wildman–Crippen MR) is 149 cm³/mol. The van der Waals surface area contributed by atoms with E-state index in [1.165, 1.54) is 39.2 Å². The van der Waals surface area contributed by atoms with E-state index in [4.69, 9.17) is 13.0 Å². The lowest BCUT2D eigenvalue weighted by atomic mass is 9.97. The molecule has 4 nitrogen and oxygen atoms in total. The lowest BCUT2D eigenvalue weighted by Gasteiger charge is -2.17. The molecule has 40 heavy (non-hydrogen) atoms. The van der Waals surface area contributed by atoms with Crippen LogP contribution in [0.15, 0.2) is 133 Å². The van der Waals surface area contributed by atoms with E-state index in [-0.39, 0.29) is 6.04 Å². The Labute approximate surface area is 231 Å². The van der Waals surface area contributed by atoms with E-state index < -0.39 is 15.6 Å². The zero-order chi connectivity index (χ0) is 28.8. The van der Waals surface area contributed by atoms with Gasteiger partial charge in [-0.05, 0) is 35.4 Å². The summed E-state index contributed by atoms with van der Waals surface area (Å²) in [6.45, 7) is 2.29. The Bertz CT molecular complexity index is 1580. The monoisotopic (exact) mass is 561 g/mol. The highest BCUT2D eigenvalue weighted by Gasteiger charge is 2.37. The van der Waals surface area contributed by atoms with Crippen molar-refractivity contribution in [3.8, 4) is 33.6 Å². The van der Waals surface area contributed by atoms with Crippen LogP contribution in [0.3, 0.4) is 0 Å². The molecule has 0 spiro atoms. The molecule has 204 valence electrons. The molecule has 1 atom stereocenters. The van der Waals surface area contributed by atoms with E-state index in [0.717, 1.165) is 0 Å². The van der Waals surface area contributed by atoms with Gasteiger partial charge in [-0.25, -0.2) is 8.42 Å². The molecule has 0 N–H and O–H groups in total. The molecule has 0 aliphatic rings. The molecule has 0 radical (unpaired) electrons. The van der Waals surface area contributed by atoms with Crippen molar-refractivity contribution in [1.82, 2.24) is 0 Å². The van der Waals surface area contributed by atoms with Gasteiger partial charge in [-0.15, -0.1) is 0 Å². The van der Waals surface area contributed by atoms with Gasteiger partial charge in [0.1, 0.15) is 0 Å². The summed E-state index contributed by atoms with van der Waals surface area (Å²) >= 11 is 0. The van der Waals surface area contributed by atoms with E-state index in [1.54, 1.807) is 0 Å². The van der Waals surface area contributed by atoms with Gasteiger partial charge >= 0.3 is 5.51 Å². The highest BCUT2D eigenvalue weighted by Crippen LogP contribution is 2.31. The highest BCUT2D eigenvalue weighted by atomic mass is 32.2. The summed E-state index contributed by atoms with van der Waals surface area (Å²) in [5.74, 6) is 0. The van der Waals surface area contributed by atoms with E-state index in [9.17, 15) is 13.2 Å². The molecule has 5 rings (SSSR count). The first-order valence-corrected chi connectivity index (χ1v) is 13.8. The molecule has 0 saturated heterocycles. The first kappa shape index (κ1) is 28.7. The summed E-state index contributed by atoms with van der Waals surface area (Å²) in [5, 5.41) is 0. The fourth-order valence-corrected chi connectivity index (χ4v) is 4.36. The molecule has 0 amide bonds. The second kappa shape index (κ2) is 12.3. The molecule has 5 aromatic rings.